The second-order valence-electron chi connectivity index (χ2n) is 1.55. The molecule has 1 aliphatic heterocycles. The van der Waals surface area contributed by atoms with Gasteiger partial charge in [0.25, 0.3) is 0 Å². The Kier molecular flexibility index (Phi) is 1.32. The molecule has 0 saturated carbocycles. The van der Waals surface area contributed by atoms with Gasteiger partial charge in [0.1, 0.15) is 0 Å². The summed E-state index contributed by atoms with van der Waals surface area (Å²) in [6, 6.07) is -0.400. The van der Waals surface area contributed by atoms with Crippen LogP contribution in [0, 0.1) is 0 Å². The van der Waals surface area contributed by atoms with Crippen molar-refractivity contribution in [2.45, 2.75) is 0 Å². The summed E-state index contributed by atoms with van der Waals surface area (Å²) in [6.07, 6.45) is 0. The zero-order valence-corrected chi connectivity index (χ0v) is 4.35. The van der Waals surface area contributed by atoms with Gasteiger partial charge in [-0.15, -0.1) is 0 Å². The number of hydrogen-bond donors (Lipinski definition) is 3. The van der Waals surface area contributed by atoms with Gasteiger partial charge in [-0.05, 0) is 0 Å². The Labute approximate surface area is 46.8 Å². The van der Waals surface area contributed by atoms with Crippen LogP contribution in [0.1, 0.15) is 0 Å². The molecule has 5 heteroatoms. The van der Waals surface area contributed by atoms with E-state index in [1.807, 2.05) is 0 Å². The lowest BCUT2D eigenvalue weighted by Gasteiger charge is -2.06. The van der Waals surface area contributed by atoms with Crippen LogP contribution in [0.2, 0.25) is 0 Å². The lowest BCUT2D eigenvalue weighted by molar-refractivity contribution is 0.217. The molecule has 5 nitrogen and oxygen atoms in total. The third-order valence-electron chi connectivity index (χ3n) is 0.977. The van der Waals surface area contributed by atoms with E-state index < -0.39 is 6.03 Å². The molecule has 1 heterocycles. The maximum absolute atomic E-state index is 10.3. The Balaban J connectivity index is 2.35. The molecule has 0 radical (unpaired) electrons. The molecule has 1 saturated heterocycles. The number of carbonyl (C=O) groups excluding carboxylic acids is 1. The summed E-state index contributed by atoms with van der Waals surface area (Å²) in [5.41, 5.74) is 10.4. The predicted octanol–water partition coefficient (Wildman–Crippen LogP) is -1.61. The van der Waals surface area contributed by atoms with E-state index in [-0.39, 0.29) is 0 Å². The SMILES string of the molecule is NC(=O)N1CNNC1. The molecule has 0 bridgehead atoms. The Bertz CT molecular complexity index is 97.5. The number of nitrogens with zero attached hydrogens (tertiary/aromatic N) is 1. The number of nitrogens with one attached hydrogen (secondary N) is 2. The molecule has 2 amide bonds. The van der Waals surface area contributed by atoms with E-state index in [9.17, 15) is 4.79 Å². The number of rotatable bonds is 0. The largest absolute Gasteiger partial charge is 0.351 e. The maximum atomic E-state index is 10.3. The number of amides is 2. The van der Waals surface area contributed by atoms with E-state index in [0.29, 0.717) is 13.3 Å². The second kappa shape index (κ2) is 1.97. The van der Waals surface area contributed by atoms with Crippen LogP contribution >= 0.6 is 0 Å². The summed E-state index contributed by atoms with van der Waals surface area (Å²) in [6.45, 7) is 0.991. The monoisotopic (exact) mass is 116 g/mol. The van der Waals surface area contributed by atoms with Gasteiger partial charge in [-0.3, -0.25) is 4.90 Å². The summed E-state index contributed by atoms with van der Waals surface area (Å²) in [5.74, 6) is 0. The Morgan fingerprint density at radius 1 is 1.50 bits per heavy atom. The maximum Gasteiger partial charge on any atom is 0.316 e. The van der Waals surface area contributed by atoms with Gasteiger partial charge < -0.3 is 5.73 Å². The van der Waals surface area contributed by atoms with E-state index in [4.69, 9.17) is 5.73 Å². The molecule has 0 unspecified atom stereocenters. The quantitative estimate of drug-likeness (QED) is 0.356. The van der Waals surface area contributed by atoms with Crippen LogP contribution in [-0.4, -0.2) is 24.3 Å². The van der Waals surface area contributed by atoms with Gasteiger partial charge in [0.2, 0.25) is 0 Å². The van der Waals surface area contributed by atoms with Crippen LogP contribution in [0.5, 0.6) is 0 Å². The van der Waals surface area contributed by atoms with Crippen LogP contribution in [0.15, 0.2) is 0 Å². The normalized spacial score (nSPS) is 19.2. The highest BCUT2D eigenvalue weighted by Crippen LogP contribution is 1.84. The third kappa shape index (κ3) is 0.877. The van der Waals surface area contributed by atoms with Crippen LogP contribution in [0.3, 0.4) is 0 Å². The van der Waals surface area contributed by atoms with Gasteiger partial charge in [-0.1, -0.05) is 0 Å². The van der Waals surface area contributed by atoms with Crippen molar-refractivity contribution in [3.8, 4) is 0 Å². The zero-order valence-electron chi connectivity index (χ0n) is 4.35. The smallest absolute Gasteiger partial charge is 0.316 e. The van der Waals surface area contributed by atoms with E-state index in [1.165, 1.54) is 4.90 Å². The summed E-state index contributed by atoms with van der Waals surface area (Å²) >= 11 is 0. The minimum Gasteiger partial charge on any atom is -0.351 e. The molecule has 1 rings (SSSR count). The summed E-state index contributed by atoms with van der Waals surface area (Å²) in [4.78, 5) is 11.7. The third-order valence-corrected chi connectivity index (χ3v) is 0.977. The highest BCUT2D eigenvalue weighted by Gasteiger charge is 2.12. The first-order valence-corrected chi connectivity index (χ1v) is 2.31. The molecule has 1 aliphatic rings. The van der Waals surface area contributed by atoms with E-state index in [1.54, 1.807) is 0 Å². The Hall–Kier alpha value is -0.810. The highest BCUT2D eigenvalue weighted by atomic mass is 16.2. The van der Waals surface area contributed by atoms with Gasteiger partial charge in [0, 0.05) is 0 Å². The van der Waals surface area contributed by atoms with Crippen molar-refractivity contribution in [1.82, 2.24) is 15.8 Å². The van der Waals surface area contributed by atoms with Crippen molar-refractivity contribution in [2.75, 3.05) is 13.3 Å². The molecule has 46 valence electrons. The van der Waals surface area contributed by atoms with Gasteiger partial charge in [-0.2, -0.15) is 0 Å². The Morgan fingerprint density at radius 2 is 2.00 bits per heavy atom. The van der Waals surface area contributed by atoms with Gasteiger partial charge in [0.05, 0.1) is 13.3 Å². The Morgan fingerprint density at radius 3 is 2.25 bits per heavy atom. The molecule has 1 fully saturated rings. The minimum atomic E-state index is -0.400. The van der Waals surface area contributed by atoms with Gasteiger partial charge in [-0.25, -0.2) is 15.6 Å². The predicted molar refractivity (Wildman–Crippen MR) is 27.4 cm³/mol. The lowest BCUT2D eigenvalue weighted by atomic mass is 10.8. The van der Waals surface area contributed by atoms with Crippen molar-refractivity contribution in [1.29, 1.82) is 0 Å². The van der Waals surface area contributed by atoms with Crippen LogP contribution in [-0.2, 0) is 0 Å². The highest BCUT2D eigenvalue weighted by molar-refractivity contribution is 5.71. The fourth-order valence-electron chi connectivity index (χ4n) is 0.514. The average Bonchev–Trinajstić information content (AvgIpc) is 2.12. The van der Waals surface area contributed by atoms with Crippen molar-refractivity contribution in [2.24, 2.45) is 5.73 Å². The summed E-state index contributed by atoms with van der Waals surface area (Å²) in [7, 11) is 0. The number of hydrazine groups is 1. The molecular formula is C3H8N4O. The standard InChI is InChI=1S/C3H8N4O/c4-3(8)7-1-5-6-2-7/h5-6H,1-2H2,(H2,4,8). The topological polar surface area (TPSA) is 70.4 Å². The van der Waals surface area contributed by atoms with Crippen LogP contribution in [0.25, 0.3) is 0 Å². The molecular weight excluding hydrogens is 108 g/mol. The van der Waals surface area contributed by atoms with Gasteiger partial charge in [0.15, 0.2) is 0 Å². The minimum absolute atomic E-state index is 0.400. The molecule has 0 atom stereocenters. The first kappa shape index (κ1) is 5.33. The molecule has 8 heavy (non-hydrogen) atoms. The van der Waals surface area contributed by atoms with Crippen LogP contribution in [0.4, 0.5) is 4.79 Å². The summed E-state index contributed by atoms with van der Waals surface area (Å²) in [5, 5.41) is 0. The number of nitrogens with two attached hydrogens (primary N) is 1. The number of primary amides is 1. The first-order chi connectivity index (χ1) is 3.80. The molecule has 0 aromatic rings. The van der Waals surface area contributed by atoms with E-state index >= 15 is 0 Å². The summed E-state index contributed by atoms with van der Waals surface area (Å²) < 4.78 is 0. The number of urea groups is 1. The van der Waals surface area contributed by atoms with Crippen LogP contribution < -0.4 is 16.6 Å². The fourth-order valence-corrected chi connectivity index (χ4v) is 0.514. The second-order valence-corrected chi connectivity index (χ2v) is 1.55. The number of hydrogen-bond acceptors (Lipinski definition) is 3. The molecule has 4 N–H and O–H groups in total. The van der Waals surface area contributed by atoms with Crippen molar-refractivity contribution in [3.63, 3.8) is 0 Å². The van der Waals surface area contributed by atoms with Crippen molar-refractivity contribution < 1.29 is 4.79 Å². The zero-order chi connectivity index (χ0) is 5.98. The lowest BCUT2D eigenvalue weighted by Crippen LogP contribution is -2.34. The molecule has 0 aromatic carbocycles. The molecule has 0 aliphatic carbocycles. The van der Waals surface area contributed by atoms with Gasteiger partial charge >= 0.3 is 6.03 Å². The molecule has 0 aromatic heterocycles. The van der Waals surface area contributed by atoms with E-state index in [0.717, 1.165) is 0 Å². The first-order valence-electron chi connectivity index (χ1n) is 2.31. The average molecular weight is 116 g/mol. The molecule has 0 spiro atoms. The van der Waals surface area contributed by atoms with E-state index in [2.05, 4.69) is 10.9 Å². The van der Waals surface area contributed by atoms with Crippen molar-refractivity contribution >= 4 is 6.03 Å². The fraction of sp³-hybridized carbons (Fsp3) is 0.667. The number of carbonyl (C=O) groups is 1. The van der Waals surface area contributed by atoms with Crippen molar-refractivity contribution in [3.05, 3.63) is 0 Å².